The van der Waals surface area contributed by atoms with Crippen molar-refractivity contribution in [2.24, 2.45) is 0 Å². The summed E-state index contributed by atoms with van der Waals surface area (Å²) in [5.41, 5.74) is 4.36. The largest absolute Gasteiger partial charge is 0.488 e. The molecule has 0 saturated heterocycles. The first-order valence-electron chi connectivity index (χ1n) is 6.02. The lowest BCUT2D eigenvalue weighted by atomic mass is 9.80. The van der Waals surface area contributed by atoms with Crippen molar-refractivity contribution < 1.29 is 10.0 Å². The van der Waals surface area contributed by atoms with Gasteiger partial charge in [-0.15, -0.1) is 0 Å². The van der Waals surface area contributed by atoms with Gasteiger partial charge in [-0.1, -0.05) is 36.4 Å². The average Bonchev–Trinajstić information content (AvgIpc) is 2.82. The Morgan fingerprint density at radius 2 is 1.39 bits per heavy atom. The molecular formula is C14H14BNO2. The topological polar surface area (TPSA) is 43.7 Å². The minimum absolute atomic E-state index is 0.524. The van der Waals surface area contributed by atoms with Crippen LogP contribution in [0.5, 0.6) is 0 Å². The van der Waals surface area contributed by atoms with Crippen molar-refractivity contribution >= 4 is 18.3 Å². The van der Waals surface area contributed by atoms with Crippen LogP contribution in [0.25, 0.3) is 0 Å². The summed E-state index contributed by atoms with van der Waals surface area (Å²) in [6.45, 7) is 1.83. The molecule has 18 heavy (non-hydrogen) atoms. The third-order valence-electron chi connectivity index (χ3n) is 3.40. The molecule has 0 radical (unpaired) electrons. The van der Waals surface area contributed by atoms with E-state index in [1.165, 1.54) is 11.1 Å². The van der Waals surface area contributed by atoms with Crippen molar-refractivity contribution in [1.29, 1.82) is 0 Å². The lowest BCUT2D eigenvalue weighted by Gasteiger charge is -2.18. The molecule has 1 aliphatic rings. The van der Waals surface area contributed by atoms with E-state index in [2.05, 4.69) is 29.2 Å². The maximum absolute atomic E-state index is 9.06. The molecule has 0 aromatic heterocycles. The van der Waals surface area contributed by atoms with Crippen LogP contribution < -0.4 is 10.4 Å². The van der Waals surface area contributed by atoms with Gasteiger partial charge in [-0.25, -0.2) is 0 Å². The molecule has 2 N–H and O–H groups in total. The summed E-state index contributed by atoms with van der Waals surface area (Å²) in [7, 11) is -1.39. The minimum Gasteiger partial charge on any atom is -0.423 e. The maximum atomic E-state index is 9.06. The standard InChI is InChI=1S/C14H14BNO2/c17-15(18)13-5-7-14(8-6-13)16-9-11-3-1-2-4-12(11)10-16/h1-8,17-18H,9-10H2. The molecule has 3 rings (SSSR count). The van der Waals surface area contributed by atoms with Crippen LogP contribution in [0.4, 0.5) is 5.69 Å². The molecule has 3 nitrogen and oxygen atoms in total. The van der Waals surface area contributed by atoms with Gasteiger partial charge >= 0.3 is 7.12 Å². The second-order valence-electron chi connectivity index (χ2n) is 4.59. The molecule has 0 atom stereocenters. The van der Waals surface area contributed by atoms with Gasteiger partial charge in [0, 0.05) is 18.8 Å². The van der Waals surface area contributed by atoms with Crippen LogP contribution in [-0.2, 0) is 13.1 Å². The third kappa shape index (κ3) is 2.01. The molecule has 0 fully saturated rings. The van der Waals surface area contributed by atoms with E-state index in [1.54, 1.807) is 12.1 Å². The molecule has 1 heterocycles. The van der Waals surface area contributed by atoms with Crippen molar-refractivity contribution in [3.63, 3.8) is 0 Å². The van der Waals surface area contributed by atoms with Gasteiger partial charge in [0.1, 0.15) is 0 Å². The van der Waals surface area contributed by atoms with E-state index < -0.39 is 7.12 Å². The van der Waals surface area contributed by atoms with Gasteiger partial charge in [0.2, 0.25) is 0 Å². The summed E-state index contributed by atoms with van der Waals surface area (Å²) in [6, 6.07) is 15.8. The Morgan fingerprint density at radius 1 is 0.833 bits per heavy atom. The molecule has 0 saturated carbocycles. The number of anilines is 1. The zero-order valence-electron chi connectivity index (χ0n) is 9.95. The highest BCUT2D eigenvalue weighted by molar-refractivity contribution is 6.58. The number of hydrogen-bond acceptors (Lipinski definition) is 3. The molecule has 2 aromatic rings. The Labute approximate surface area is 106 Å². The second kappa shape index (κ2) is 4.48. The summed E-state index contributed by atoms with van der Waals surface area (Å²) in [5, 5.41) is 18.1. The van der Waals surface area contributed by atoms with Crippen LogP contribution in [0, 0.1) is 0 Å². The quantitative estimate of drug-likeness (QED) is 0.765. The highest BCUT2D eigenvalue weighted by atomic mass is 16.4. The summed E-state index contributed by atoms with van der Waals surface area (Å²) < 4.78 is 0. The highest BCUT2D eigenvalue weighted by Gasteiger charge is 2.19. The van der Waals surface area contributed by atoms with E-state index in [9.17, 15) is 0 Å². The predicted molar refractivity (Wildman–Crippen MR) is 72.6 cm³/mol. The molecule has 1 aliphatic heterocycles. The van der Waals surface area contributed by atoms with E-state index in [1.807, 2.05) is 12.1 Å². The van der Waals surface area contributed by atoms with Crippen LogP contribution in [0.1, 0.15) is 11.1 Å². The van der Waals surface area contributed by atoms with Crippen molar-refractivity contribution in [2.75, 3.05) is 4.90 Å². The van der Waals surface area contributed by atoms with Gasteiger partial charge in [-0.05, 0) is 28.7 Å². The monoisotopic (exact) mass is 239 g/mol. The molecule has 2 aromatic carbocycles. The van der Waals surface area contributed by atoms with Crippen molar-refractivity contribution in [2.45, 2.75) is 13.1 Å². The molecule has 4 heteroatoms. The first-order valence-corrected chi connectivity index (χ1v) is 6.02. The molecule has 0 amide bonds. The van der Waals surface area contributed by atoms with Gasteiger partial charge in [-0.2, -0.15) is 0 Å². The van der Waals surface area contributed by atoms with E-state index in [0.717, 1.165) is 18.8 Å². The van der Waals surface area contributed by atoms with Crippen LogP contribution in [0.15, 0.2) is 48.5 Å². The van der Waals surface area contributed by atoms with Crippen LogP contribution in [0.3, 0.4) is 0 Å². The number of benzene rings is 2. The molecule has 0 unspecified atom stereocenters. The second-order valence-corrected chi connectivity index (χ2v) is 4.59. The maximum Gasteiger partial charge on any atom is 0.488 e. The normalized spacial score (nSPS) is 13.6. The molecule has 0 aliphatic carbocycles. The summed E-state index contributed by atoms with van der Waals surface area (Å²) >= 11 is 0. The van der Waals surface area contributed by atoms with Crippen LogP contribution in [0.2, 0.25) is 0 Å². The molecule has 0 bridgehead atoms. The lowest BCUT2D eigenvalue weighted by Crippen LogP contribution is -2.29. The Hall–Kier alpha value is -1.78. The molecule has 0 spiro atoms. The zero-order valence-corrected chi connectivity index (χ0v) is 9.95. The number of fused-ring (bicyclic) bond motifs is 1. The van der Waals surface area contributed by atoms with Gasteiger partial charge in [0.15, 0.2) is 0 Å². The van der Waals surface area contributed by atoms with E-state index in [-0.39, 0.29) is 0 Å². The Balaban J connectivity index is 1.82. The van der Waals surface area contributed by atoms with Crippen molar-refractivity contribution in [1.82, 2.24) is 0 Å². The van der Waals surface area contributed by atoms with Gasteiger partial charge in [0.25, 0.3) is 0 Å². The fraction of sp³-hybridized carbons (Fsp3) is 0.143. The van der Waals surface area contributed by atoms with E-state index in [0.29, 0.717) is 5.46 Å². The van der Waals surface area contributed by atoms with E-state index in [4.69, 9.17) is 10.0 Å². The number of rotatable bonds is 2. The van der Waals surface area contributed by atoms with Gasteiger partial charge in [0.05, 0.1) is 0 Å². The average molecular weight is 239 g/mol. The molecule has 90 valence electrons. The summed E-state index contributed by atoms with van der Waals surface area (Å²) in [6.07, 6.45) is 0. The van der Waals surface area contributed by atoms with Gasteiger partial charge in [-0.3, -0.25) is 0 Å². The fourth-order valence-corrected chi connectivity index (χ4v) is 2.37. The first-order chi connectivity index (χ1) is 8.74. The smallest absolute Gasteiger partial charge is 0.423 e. The Morgan fingerprint density at radius 3 is 1.89 bits per heavy atom. The van der Waals surface area contributed by atoms with Crippen molar-refractivity contribution in [3.05, 3.63) is 59.7 Å². The van der Waals surface area contributed by atoms with Crippen LogP contribution in [-0.4, -0.2) is 17.2 Å². The zero-order chi connectivity index (χ0) is 12.5. The van der Waals surface area contributed by atoms with Crippen molar-refractivity contribution in [3.8, 4) is 0 Å². The number of hydrogen-bond donors (Lipinski definition) is 2. The lowest BCUT2D eigenvalue weighted by molar-refractivity contribution is 0.426. The Kier molecular flexibility index (Phi) is 2.82. The number of nitrogens with zero attached hydrogens (tertiary/aromatic N) is 1. The van der Waals surface area contributed by atoms with Gasteiger partial charge < -0.3 is 14.9 Å². The predicted octanol–water partition coefficient (Wildman–Crippen LogP) is 0.887. The SMILES string of the molecule is OB(O)c1ccc(N2Cc3ccccc3C2)cc1. The van der Waals surface area contributed by atoms with E-state index >= 15 is 0 Å². The fourth-order valence-electron chi connectivity index (χ4n) is 2.37. The first kappa shape index (κ1) is 11.3. The third-order valence-corrected chi connectivity index (χ3v) is 3.40. The Bertz CT molecular complexity index is 529. The highest BCUT2D eigenvalue weighted by Crippen LogP contribution is 2.27. The summed E-state index contributed by atoms with van der Waals surface area (Å²) in [4.78, 5) is 2.28. The molecular weight excluding hydrogens is 225 g/mol. The minimum atomic E-state index is -1.39. The summed E-state index contributed by atoms with van der Waals surface area (Å²) in [5.74, 6) is 0. The van der Waals surface area contributed by atoms with Crippen LogP contribution >= 0.6 is 0 Å².